The standard InChI is InChI=1S/C11H13NO.C7H8O3S/c1-3-9(8-12)10-4-6-11(13-2)7-5-10;1-6-2-4-7(5-3-6)11(8,9)10/h4-7H,1,8,12H2,2H3;2-5H,1H3,(H,8,9,10). The molecule has 0 heterocycles. The molecule has 0 aromatic heterocycles. The Kier molecular flexibility index (Phi) is 7.42. The molecule has 0 spiro atoms. The molecule has 6 heteroatoms. The molecule has 0 aliphatic carbocycles. The number of nitrogens with two attached hydrogens (primary N) is 1. The molecule has 0 fully saturated rings. The summed E-state index contributed by atoms with van der Waals surface area (Å²) in [4.78, 5) is -0.0666. The molecule has 0 aliphatic heterocycles. The Morgan fingerprint density at radius 3 is 2.08 bits per heavy atom. The Morgan fingerprint density at radius 2 is 1.71 bits per heavy atom. The molecule has 0 saturated carbocycles. The average Bonchev–Trinajstić information content (AvgIpc) is 2.57. The summed E-state index contributed by atoms with van der Waals surface area (Å²) in [6, 6.07) is 13.7. The van der Waals surface area contributed by atoms with Gasteiger partial charge in [-0.3, -0.25) is 4.55 Å². The lowest BCUT2D eigenvalue weighted by Gasteiger charge is -2.03. The van der Waals surface area contributed by atoms with Crippen LogP contribution < -0.4 is 10.5 Å². The first kappa shape index (κ1) is 19.7. The smallest absolute Gasteiger partial charge is 0.294 e. The lowest BCUT2D eigenvalue weighted by Crippen LogP contribution is -2.01. The number of aryl methyl sites for hydroxylation is 1. The summed E-state index contributed by atoms with van der Waals surface area (Å²) in [5.74, 6) is 0.837. The molecule has 0 saturated heterocycles. The first-order chi connectivity index (χ1) is 11.3. The minimum absolute atomic E-state index is 0.0666. The van der Waals surface area contributed by atoms with Crippen LogP contribution >= 0.6 is 0 Å². The molecule has 128 valence electrons. The van der Waals surface area contributed by atoms with Gasteiger partial charge in [0.05, 0.1) is 12.0 Å². The van der Waals surface area contributed by atoms with Gasteiger partial charge in [-0.1, -0.05) is 36.4 Å². The summed E-state index contributed by atoms with van der Waals surface area (Å²) in [6.45, 7) is 5.87. The van der Waals surface area contributed by atoms with Gasteiger partial charge in [0.25, 0.3) is 10.1 Å². The number of rotatable bonds is 4. The fourth-order valence-electron chi connectivity index (χ4n) is 1.79. The molecule has 2 aromatic rings. The first-order valence-corrected chi connectivity index (χ1v) is 8.53. The first-order valence-electron chi connectivity index (χ1n) is 7.09. The van der Waals surface area contributed by atoms with Crippen molar-refractivity contribution in [1.82, 2.24) is 0 Å². The molecule has 24 heavy (non-hydrogen) atoms. The Labute approximate surface area is 142 Å². The van der Waals surface area contributed by atoms with Gasteiger partial charge in [-0.15, -0.1) is 5.73 Å². The number of ether oxygens (including phenoxy) is 1. The van der Waals surface area contributed by atoms with Crippen LogP contribution in [0.1, 0.15) is 11.1 Å². The predicted molar refractivity (Wildman–Crippen MR) is 95.6 cm³/mol. The van der Waals surface area contributed by atoms with Crippen molar-refractivity contribution < 1.29 is 17.7 Å². The van der Waals surface area contributed by atoms with Crippen molar-refractivity contribution in [3.05, 3.63) is 72.0 Å². The molecule has 0 unspecified atom stereocenters. The number of methoxy groups -OCH3 is 1. The highest BCUT2D eigenvalue weighted by Gasteiger charge is 2.06. The number of benzene rings is 2. The monoisotopic (exact) mass is 347 g/mol. The molecular formula is C18H21NO4S. The second kappa shape index (κ2) is 9.05. The minimum atomic E-state index is -4.02. The van der Waals surface area contributed by atoms with Crippen LogP contribution in [0.4, 0.5) is 0 Å². The molecule has 0 radical (unpaired) electrons. The van der Waals surface area contributed by atoms with E-state index in [1.807, 2.05) is 31.2 Å². The zero-order chi connectivity index (χ0) is 18.2. The second-order valence-corrected chi connectivity index (χ2v) is 6.30. The Balaban J connectivity index is 0.000000243. The summed E-state index contributed by atoms with van der Waals surface area (Å²) < 4.78 is 34.6. The van der Waals surface area contributed by atoms with E-state index in [9.17, 15) is 8.42 Å². The van der Waals surface area contributed by atoms with Crippen LogP contribution in [0.3, 0.4) is 0 Å². The van der Waals surface area contributed by atoms with E-state index < -0.39 is 10.1 Å². The van der Waals surface area contributed by atoms with Gasteiger partial charge in [0, 0.05) is 12.1 Å². The highest BCUT2D eigenvalue weighted by molar-refractivity contribution is 7.85. The Morgan fingerprint density at radius 1 is 1.17 bits per heavy atom. The van der Waals surface area contributed by atoms with Crippen LogP contribution in [-0.2, 0) is 10.1 Å². The molecule has 5 nitrogen and oxygen atoms in total. The third-order valence-electron chi connectivity index (χ3n) is 3.17. The summed E-state index contributed by atoms with van der Waals surface area (Å²) in [6.07, 6.45) is 0. The van der Waals surface area contributed by atoms with E-state index in [-0.39, 0.29) is 4.90 Å². The van der Waals surface area contributed by atoms with Crippen molar-refractivity contribution in [3.63, 3.8) is 0 Å². The molecule has 0 aliphatic rings. The maximum atomic E-state index is 10.5. The van der Waals surface area contributed by atoms with Crippen molar-refractivity contribution in [2.45, 2.75) is 11.8 Å². The van der Waals surface area contributed by atoms with E-state index in [0.29, 0.717) is 6.54 Å². The van der Waals surface area contributed by atoms with Gasteiger partial charge in [0.15, 0.2) is 0 Å². The van der Waals surface area contributed by atoms with Crippen LogP contribution in [-0.4, -0.2) is 26.6 Å². The summed E-state index contributed by atoms with van der Waals surface area (Å²) in [5, 5.41) is 0. The second-order valence-electron chi connectivity index (χ2n) is 4.88. The summed E-state index contributed by atoms with van der Waals surface area (Å²) >= 11 is 0. The highest BCUT2D eigenvalue weighted by atomic mass is 32.2. The average molecular weight is 347 g/mol. The SMILES string of the molecule is C=C=C(CN)c1ccc(OC)cc1.Cc1ccc(S(=O)(=O)O)cc1. The van der Waals surface area contributed by atoms with Gasteiger partial charge in [-0.25, -0.2) is 0 Å². The zero-order valence-corrected chi connectivity index (χ0v) is 14.5. The van der Waals surface area contributed by atoms with E-state index in [0.717, 1.165) is 22.4 Å². The van der Waals surface area contributed by atoms with Crippen LogP contribution in [0, 0.1) is 6.92 Å². The zero-order valence-electron chi connectivity index (χ0n) is 13.7. The van der Waals surface area contributed by atoms with E-state index in [2.05, 4.69) is 12.3 Å². The van der Waals surface area contributed by atoms with Gasteiger partial charge < -0.3 is 10.5 Å². The Bertz CT molecular complexity index is 803. The van der Waals surface area contributed by atoms with E-state index >= 15 is 0 Å². The summed E-state index contributed by atoms with van der Waals surface area (Å²) in [5.41, 5.74) is 11.2. The fraction of sp³-hybridized carbons (Fsp3) is 0.167. The number of hydrogen-bond donors (Lipinski definition) is 2. The maximum absolute atomic E-state index is 10.5. The van der Waals surface area contributed by atoms with Crippen LogP contribution in [0.2, 0.25) is 0 Å². The van der Waals surface area contributed by atoms with Crippen LogP contribution in [0.25, 0.3) is 5.57 Å². The molecular weight excluding hydrogens is 326 g/mol. The number of hydrogen-bond acceptors (Lipinski definition) is 4. The van der Waals surface area contributed by atoms with E-state index in [1.165, 1.54) is 12.1 Å². The van der Waals surface area contributed by atoms with Gasteiger partial charge >= 0.3 is 0 Å². The van der Waals surface area contributed by atoms with Crippen molar-refractivity contribution in [3.8, 4) is 5.75 Å². The predicted octanol–water partition coefficient (Wildman–Crippen LogP) is 3.06. The molecule has 0 bridgehead atoms. The highest BCUT2D eigenvalue weighted by Crippen LogP contribution is 2.16. The van der Waals surface area contributed by atoms with Crippen molar-refractivity contribution in [2.24, 2.45) is 5.73 Å². The normalized spacial score (nSPS) is 10.2. The topological polar surface area (TPSA) is 89.6 Å². The third kappa shape index (κ3) is 6.02. The molecule has 0 amide bonds. The van der Waals surface area contributed by atoms with E-state index in [4.69, 9.17) is 15.0 Å². The van der Waals surface area contributed by atoms with Gasteiger partial charge in [-0.2, -0.15) is 8.42 Å². The molecule has 2 rings (SSSR count). The fourth-order valence-corrected chi connectivity index (χ4v) is 2.27. The molecule has 2 aromatic carbocycles. The summed E-state index contributed by atoms with van der Waals surface area (Å²) in [7, 11) is -2.38. The minimum Gasteiger partial charge on any atom is -0.497 e. The lowest BCUT2D eigenvalue weighted by atomic mass is 10.1. The van der Waals surface area contributed by atoms with E-state index in [1.54, 1.807) is 19.2 Å². The molecule has 3 N–H and O–H groups in total. The molecule has 0 atom stereocenters. The van der Waals surface area contributed by atoms with Gasteiger partial charge in [-0.05, 0) is 36.8 Å². The van der Waals surface area contributed by atoms with Gasteiger partial charge in [0.1, 0.15) is 5.75 Å². The maximum Gasteiger partial charge on any atom is 0.294 e. The van der Waals surface area contributed by atoms with Crippen LogP contribution in [0.5, 0.6) is 5.75 Å². The van der Waals surface area contributed by atoms with Crippen molar-refractivity contribution in [2.75, 3.05) is 13.7 Å². The quantitative estimate of drug-likeness (QED) is 0.655. The van der Waals surface area contributed by atoms with Gasteiger partial charge in [0.2, 0.25) is 0 Å². The lowest BCUT2D eigenvalue weighted by molar-refractivity contribution is 0.415. The Hall–Kier alpha value is -2.37. The largest absolute Gasteiger partial charge is 0.497 e. The van der Waals surface area contributed by atoms with Crippen LogP contribution in [0.15, 0.2) is 65.7 Å². The van der Waals surface area contributed by atoms with Crippen molar-refractivity contribution >= 4 is 15.7 Å². The third-order valence-corrected chi connectivity index (χ3v) is 4.04. The van der Waals surface area contributed by atoms with Crippen molar-refractivity contribution in [1.29, 1.82) is 0 Å².